The van der Waals surface area contributed by atoms with Crippen LogP contribution in [0.4, 0.5) is 4.79 Å². The number of benzene rings is 3. The highest BCUT2D eigenvalue weighted by Gasteiger charge is 2.45. The number of nitrogens with zero attached hydrogens (tertiary/aromatic N) is 1. The Morgan fingerprint density at radius 2 is 1.53 bits per heavy atom. The first-order valence-corrected chi connectivity index (χ1v) is 10.5. The van der Waals surface area contributed by atoms with Crippen LogP contribution in [-0.2, 0) is 10.3 Å². The average molecular weight is 399 g/mol. The average Bonchev–Trinajstić information content (AvgIpc) is 3.38. The van der Waals surface area contributed by atoms with Crippen LogP contribution in [0.2, 0.25) is 0 Å². The molecule has 1 fully saturated rings. The van der Waals surface area contributed by atoms with E-state index in [0.29, 0.717) is 13.2 Å². The van der Waals surface area contributed by atoms with Crippen LogP contribution in [0.3, 0.4) is 0 Å². The van der Waals surface area contributed by atoms with Gasteiger partial charge >= 0.3 is 6.09 Å². The number of fused-ring (bicyclic) bond motifs is 3. The Balaban J connectivity index is 1.39. The number of aliphatic hydroxyl groups is 1. The van der Waals surface area contributed by atoms with E-state index in [0.717, 1.165) is 18.4 Å². The van der Waals surface area contributed by atoms with Gasteiger partial charge in [-0.05, 0) is 40.7 Å². The molecule has 1 N–H and O–H groups in total. The van der Waals surface area contributed by atoms with E-state index < -0.39 is 5.54 Å². The van der Waals surface area contributed by atoms with Gasteiger partial charge in [0.15, 0.2) is 0 Å². The van der Waals surface area contributed by atoms with Gasteiger partial charge in [0.25, 0.3) is 0 Å². The maximum Gasteiger partial charge on any atom is 0.410 e. The first-order chi connectivity index (χ1) is 14.7. The molecule has 0 bridgehead atoms. The normalized spacial score (nSPS) is 20.1. The van der Waals surface area contributed by atoms with Gasteiger partial charge in [0.1, 0.15) is 6.61 Å². The van der Waals surface area contributed by atoms with E-state index in [9.17, 15) is 9.90 Å². The minimum atomic E-state index is -0.705. The highest BCUT2D eigenvalue weighted by atomic mass is 16.6. The highest BCUT2D eigenvalue weighted by Crippen LogP contribution is 2.45. The van der Waals surface area contributed by atoms with Gasteiger partial charge in [0, 0.05) is 12.5 Å². The van der Waals surface area contributed by atoms with Crippen molar-refractivity contribution in [3.05, 3.63) is 95.6 Å². The lowest BCUT2D eigenvalue weighted by Crippen LogP contribution is -2.48. The van der Waals surface area contributed by atoms with Crippen LogP contribution in [0, 0.1) is 0 Å². The highest BCUT2D eigenvalue weighted by molar-refractivity contribution is 5.79. The van der Waals surface area contributed by atoms with E-state index in [-0.39, 0.29) is 18.6 Å². The molecule has 30 heavy (non-hydrogen) atoms. The van der Waals surface area contributed by atoms with E-state index >= 15 is 0 Å². The summed E-state index contributed by atoms with van der Waals surface area (Å²) in [6.45, 7) is 0.771. The minimum Gasteiger partial charge on any atom is -0.448 e. The lowest BCUT2D eigenvalue weighted by atomic mass is 9.88. The fourth-order valence-corrected chi connectivity index (χ4v) is 5.12. The summed E-state index contributed by atoms with van der Waals surface area (Å²) in [4.78, 5) is 14.9. The van der Waals surface area contributed by atoms with Crippen molar-refractivity contribution in [3.63, 3.8) is 0 Å². The van der Waals surface area contributed by atoms with Crippen molar-refractivity contribution in [1.82, 2.24) is 4.90 Å². The van der Waals surface area contributed by atoms with Crippen molar-refractivity contribution >= 4 is 6.09 Å². The number of aliphatic hydroxyl groups excluding tert-OH is 1. The molecule has 0 spiro atoms. The van der Waals surface area contributed by atoms with Crippen LogP contribution in [0.5, 0.6) is 0 Å². The van der Waals surface area contributed by atoms with Crippen LogP contribution >= 0.6 is 0 Å². The molecule has 1 atom stereocenters. The van der Waals surface area contributed by atoms with Gasteiger partial charge in [0.05, 0.1) is 12.1 Å². The molecule has 0 saturated carbocycles. The van der Waals surface area contributed by atoms with Crippen molar-refractivity contribution in [2.45, 2.75) is 24.3 Å². The van der Waals surface area contributed by atoms with Crippen LogP contribution < -0.4 is 0 Å². The van der Waals surface area contributed by atoms with E-state index in [2.05, 4.69) is 24.3 Å². The fraction of sp³-hybridized carbons (Fsp3) is 0.269. The summed E-state index contributed by atoms with van der Waals surface area (Å²) in [5.41, 5.74) is 5.07. The zero-order valence-electron chi connectivity index (χ0n) is 16.8. The SMILES string of the molecule is O=C(OCC1c2ccccc2-c2ccccc21)N1CCCC1(CO)c1ccccc1. The molecule has 3 aromatic carbocycles. The molecule has 1 aliphatic carbocycles. The Morgan fingerprint density at radius 3 is 2.17 bits per heavy atom. The Labute approximate surface area is 176 Å². The number of hydrogen-bond donors (Lipinski definition) is 1. The number of ether oxygens (including phenoxy) is 1. The van der Waals surface area contributed by atoms with Crippen molar-refractivity contribution in [2.75, 3.05) is 19.8 Å². The lowest BCUT2D eigenvalue weighted by molar-refractivity contribution is 0.0375. The molecular formula is C26H25NO3. The molecular weight excluding hydrogens is 374 g/mol. The number of carbonyl (C=O) groups excluding carboxylic acids is 1. The lowest BCUT2D eigenvalue weighted by Gasteiger charge is -2.37. The summed E-state index contributed by atoms with van der Waals surface area (Å²) in [6, 6.07) is 26.4. The summed E-state index contributed by atoms with van der Waals surface area (Å²) < 4.78 is 5.88. The molecule has 0 aromatic heterocycles. The molecule has 1 aliphatic heterocycles. The molecule has 0 radical (unpaired) electrons. The molecule has 1 unspecified atom stereocenters. The molecule has 3 aromatic rings. The standard InChI is InChI=1S/C26H25NO3/c28-18-26(19-9-2-1-3-10-19)15-8-16-27(26)25(29)30-17-24-22-13-6-4-11-20(22)21-12-5-7-14-23(21)24/h1-7,9-14,24,28H,8,15-18H2. The van der Waals surface area contributed by atoms with E-state index in [1.165, 1.54) is 22.3 Å². The summed E-state index contributed by atoms with van der Waals surface area (Å²) in [5.74, 6) is 0.0317. The molecule has 1 heterocycles. The molecule has 2 aliphatic rings. The molecule has 5 rings (SSSR count). The number of carbonyl (C=O) groups is 1. The third-order valence-electron chi connectivity index (χ3n) is 6.62. The van der Waals surface area contributed by atoms with Crippen LogP contribution in [-0.4, -0.2) is 35.9 Å². The maximum atomic E-state index is 13.2. The van der Waals surface area contributed by atoms with Gasteiger partial charge in [-0.1, -0.05) is 78.9 Å². The van der Waals surface area contributed by atoms with E-state index in [4.69, 9.17) is 4.74 Å². The predicted octanol–water partition coefficient (Wildman–Crippen LogP) is 4.92. The first-order valence-electron chi connectivity index (χ1n) is 10.5. The largest absolute Gasteiger partial charge is 0.448 e. The first kappa shape index (κ1) is 18.9. The van der Waals surface area contributed by atoms with Crippen molar-refractivity contribution in [3.8, 4) is 11.1 Å². The topological polar surface area (TPSA) is 49.8 Å². The van der Waals surface area contributed by atoms with Crippen LogP contribution in [0.25, 0.3) is 11.1 Å². The molecule has 152 valence electrons. The second-order valence-electron chi connectivity index (χ2n) is 8.11. The Hall–Kier alpha value is -3.11. The third-order valence-corrected chi connectivity index (χ3v) is 6.62. The van der Waals surface area contributed by atoms with Gasteiger partial charge < -0.3 is 9.84 Å². The molecule has 1 amide bonds. The second kappa shape index (κ2) is 7.62. The molecule has 4 nitrogen and oxygen atoms in total. The van der Waals surface area contributed by atoms with Crippen molar-refractivity contribution < 1.29 is 14.6 Å². The summed E-state index contributed by atoms with van der Waals surface area (Å²) >= 11 is 0. The molecule has 1 saturated heterocycles. The van der Waals surface area contributed by atoms with Gasteiger partial charge in [-0.3, -0.25) is 4.90 Å². The molecule has 4 heteroatoms. The number of rotatable bonds is 4. The zero-order chi connectivity index (χ0) is 20.6. The van der Waals surface area contributed by atoms with Crippen molar-refractivity contribution in [2.24, 2.45) is 0 Å². The van der Waals surface area contributed by atoms with Crippen LogP contribution in [0.1, 0.15) is 35.4 Å². The Kier molecular flexibility index (Phi) is 4.80. The predicted molar refractivity (Wildman–Crippen MR) is 116 cm³/mol. The zero-order valence-corrected chi connectivity index (χ0v) is 16.8. The number of amides is 1. The summed E-state index contributed by atoms with van der Waals surface area (Å²) in [5, 5.41) is 10.3. The quantitative estimate of drug-likeness (QED) is 0.678. The number of hydrogen-bond acceptors (Lipinski definition) is 3. The summed E-state index contributed by atoms with van der Waals surface area (Å²) in [7, 11) is 0. The second-order valence-corrected chi connectivity index (χ2v) is 8.11. The van der Waals surface area contributed by atoms with Crippen LogP contribution in [0.15, 0.2) is 78.9 Å². The fourth-order valence-electron chi connectivity index (χ4n) is 5.12. The van der Waals surface area contributed by atoms with Gasteiger partial charge in [-0.25, -0.2) is 4.79 Å². The van der Waals surface area contributed by atoms with Gasteiger partial charge in [-0.15, -0.1) is 0 Å². The number of likely N-dealkylation sites (tertiary alicyclic amines) is 1. The summed E-state index contributed by atoms with van der Waals surface area (Å²) in [6.07, 6.45) is 1.23. The Bertz CT molecular complexity index is 1020. The van der Waals surface area contributed by atoms with Crippen molar-refractivity contribution in [1.29, 1.82) is 0 Å². The monoisotopic (exact) mass is 399 g/mol. The minimum absolute atomic E-state index is 0.0317. The van der Waals surface area contributed by atoms with Gasteiger partial charge in [0.2, 0.25) is 0 Å². The maximum absolute atomic E-state index is 13.2. The smallest absolute Gasteiger partial charge is 0.410 e. The van der Waals surface area contributed by atoms with E-state index in [1.54, 1.807) is 4.90 Å². The third kappa shape index (κ3) is 2.91. The van der Waals surface area contributed by atoms with E-state index in [1.807, 2.05) is 54.6 Å². The Morgan fingerprint density at radius 1 is 0.933 bits per heavy atom. The van der Waals surface area contributed by atoms with Gasteiger partial charge in [-0.2, -0.15) is 0 Å².